The lowest BCUT2D eigenvalue weighted by Gasteiger charge is -2.17. The molecular formula is C12H14BrClN4. The molecule has 1 atom stereocenters. The van der Waals surface area contributed by atoms with Crippen LogP contribution in [0.4, 0.5) is 0 Å². The summed E-state index contributed by atoms with van der Waals surface area (Å²) in [5.41, 5.74) is 4.88. The van der Waals surface area contributed by atoms with E-state index in [1.165, 1.54) is 0 Å². The number of rotatable bonds is 4. The number of benzene rings is 1. The molecule has 2 aromatic rings. The molecule has 0 spiro atoms. The first-order valence-corrected chi connectivity index (χ1v) is 6.66. The molecule has 4 nitrogen and oxygen atoms in total. The highest BCUT2D eigenvalue weighted by atomic mass is 79.9. The van der Waals surface area contributed by atoms with Crippen molar-refractivity contribution in [2.45, 2.75) is 12.5 Å². The van der Waals surface area contributed by atoms with Gasteiger partial charge >= 0.3 is 0 Å². The van der Waals surface area contributed by atoms with E-state index in [-0.39, 0.29) is 6.04 Å². The van der Waals surface area contributed by atoms with Crippen molar-refractivity contribution in [1.29, 1.82) is 0 Å². The van der Waals surface area contributed by atoms with Gasteiger partial charge in [-0.3, -0.25) is 16.0 Å². The Kier molecular flexibility index (Phi) is 4.40. The SMILES string of the molecule is Cn1cc(CC(NN)c2cccc(Br)c2Cl)cn1. The molecule has 0 saturated heterocycles. The van der Waals surface area contributed by atoms with Gasteiger partial charge in [0.2, 0.25) is 0 Å². The molecule has 0 bridgehead atoms. The maximum absolute atomic E-state index is 6.27. The van der Waals surface area contributed by atoms with E-state index >= 15 is 0 Å². The molecule has 96 valence electrons. The van der Waals surface area contributed by atoms with Gasteiger partial charge in [-0.2, -0.15) is 5.10 Å². The van der Waals surface area contributed by atoms with Crippen molar-refractivity contribution in [3.63, 3.8) is 0 Å². The van der Waals surface area contributed by atoms with E-state index in [1.807, 2.05) is 37.6 Å². The van der Waals surface area contributed by atoms with Crippen molar-refractivity contribution in [1.82, 2.24) is 15.2 Å². The standard InChI is InChI=1S/C12H14BrClN4/c1-18-7-8(6-16-18)5-11(17-15)9-3-2-4-10(13)12(9)14/h2-4,6-7,11,17H,5,15H2,1H3. The first kappa shape index (κ1) is 13.5. The third kappa shape index (κ3) is 2.92. The van der Waals surface area contributed by atoms with Gasteiger partial charge in [-0.05, 0) is 39.5 Å². The maximum atomic E-state index is 6.27. The molecular weight excluding hydrogens is 316 g/mol. The summed E-state index contributed by atoms with van der Waals surface area (Å²) in [4.78, 5) is 0. The van der Waals surface area contributed by atoms with Crippen molar-refractivity contribution >= 4 is 27.5 Å². The number of aryl methyl sites for hydroxylation is 1. The Labute approximate surface area is 119 Å². The van der Waals surface area contributed by atoms with E-state index < -0.39 is 0 Å². The molecule has 0 aliphatic heterocycles. The molecule has 1 unspecified atom stereocenters. The lowest BCUT2D eigenvalue weighted by molar-refractivity contribution is 0.551. The van der Waals surface area contributed by atoms with Crippen LogP contribution in [0.3, 0.4) is 0 Å². The van der Waals surface area contributed by atoms with Crippen LogP contribution in [-0.2, 0) is 13.5 Å². The number of halogens is 2. The molecule has 6 heteroatoms. The highest BCUT2D eigenvalue weighted by molar-refractivity contribution is 9.10. The lowest BCUT2D eigenvalue weighted by Crippen LogP contribution is -2.29. The molecule has 1 aromatic heterocycles. The number of hydrazine groups is 1. The predicted molar refractivity (Wildman–Crippen MR) is 76.1 cm³/mol. The van der Waals surface area contributed by atoms with Gasteiger partial charge in [-0.25, -0.2) is 0 Å². The Morgan fingerprint density at radius 2 is 2.33 bits per heavy atom. The largest absolute Gasteiger partial charge is 0.276 e. The van der Waals surface area contributed by atoms with E-state index in [4.69, 9.17) is 17.4 Å². The minimum atomic E-state index is -0.0424. The Hall–Kier alpha value is -0.880. The van der Waals surface area contributed by atoms with Gasteiger partial charge in [0.05, 0.1) is 17.3 Å². The van der Waals surface area contributed by atoms with Gasteiger partial charge in [0, 0.05) is 17.7 Å². The summed E-state index contributed by atoms with van der Waals surface area (Å²) in [5.74, 6) is 5.63. The molecule has 0 saturated carbocycles. The number of nitrogens with two attached hydrogens (primary N) is 1. The highest BCUT2D eigenvalue weighted by Crippen LogP contribution is 2.31. The molecule has 0 amide bonds. The van der Waals surface area contributed by atoms with Gasteiger partial charge < -0.3 is 0 Å². The number of hydrogen-bond donors (Lipinski definition) is 2. The lowest BCUT2D eigenvalue weighted by atomic mass is 10.0. The van der Waals surface area contributed by atoms with E-state index in [1.54, 1.807) is 4.68 Å². The second kappa shape index (κ2) is 5.84. The number of hydrogen-bond acceptors (Lipinski definition) is 3. The summed E-state index contributed by atoms with van der Waals surface area (Å²) >= 11 is 9.69. The summed E-state index contributed by atoms with van der Waals surface area (Å²) in [6, 6.07) is 5.77. The highest BCUT2D eigenvalue weighted by Gasteiger charge is 2.16. The van der Waals surface area contributed by atoms with Gasteiger partial charge in [0.15, 0.2) is 0 Å². The van der Waals surface area contributed by atoms with Crippen molar-refractivity contribution in [2.24, 2.45) is 12.9 Å². The van der Waals surface area contributed by atoms with Crippen LogP contribution in [0.1, 0.15) is 17.2 Å². The number of nitrogens with zero attached hydrogens (tertiary/aromatic N) is 2. The second-order valence-electron chi connectivity index (χ2n) is 4.09. The molecule has 2 rings (SSSR count). The molecule has 0 fully saturated rings. The van der Waals surface area contributed by atoms with Crippen LogP contribution < -0.4 is 11.3 Å². The van der Waals surface area contributed by atoms with Gasteiger partial charge in [0.25, 0.3) is 0 Å². The zero-order valence-corrected chi connectivity index (χ0v) is 12.2. The Morgan fingerprint density at radius 3 is 2.94 bits per heavy atom. The van der Waals surface area contributed by atoms with E-state index in [2.05, 4.69) is 26.5 Å². The van der Waals surface area contributed by atoms with E-state index in [9.17, 15) is 0 Å². The van der Waals surface area contributed by atoms with Crippen molar-refractivity contribution < 1.29 is 0 Å². The fourth-order valence-electron chi connectivity index (χ4n) is 1.86. The fourth-order valence-corrected chi connectivity index (χ4v) is 2.50. The van der Waals surface area contributed by atoms with Gasteiger partial charge in [0.1, 0.15) is 0 Å². The van der Waals surface area contributed by atoms with Crippen LogP contribution in [0.5, 0.6) is 0 Å². The topological polar surface area (TPSA) is 55.9 Å². The minimum absolute atomic E-state index is 0.0424. The van der Waals surface area contributed by atoms with Crippen LogP contribution in [0, 0.1) is 0 Å². The third-order valence-corrected chi connectivity index (χ3v) is 4.07. The quantitative estimate of drug-likeness (QED) is 0.669. The van der Waals surface area contributed by atoms with Gasteiger partial charge in [-0.1, -0.05) is 23.7 Å². The molecule has 18 heavy (non-hydrogen) atoms. The summed E-state index contributed by atoms with van der Waals surface area (Å²) in [6.07, 6.45) is 4.53. The average molecular weight is 330 g/mol. The summed E-state index contributed by atoms with van der Waals surface area (Å²) in [6.45, 7) is 0. The van der Waals surface area contributed by atoms with E-state index in [0.29, 0.717) is 5.02 Å². The molecule has 0 aliphatic rings. The molecule has 1 heterocycles. The van der Waals surface area contributed by atoms with Gasteiger partial charge in [-0.15, -0.1) is 0 Å². The number of nitrogens with one attached hydrogen (secondary N) is 1. The van der Waals surface area contributed by atoms with Crippen LogP contribution in [0.25, 0.3) is 0 Å². The normalized spacial score (nSPS) is 12.7. The first-order chi connectivity index (χ1) is 8.61. The van der Waals surface area contributed by atoms with Crippen molar-refractivity contribution in [3.8, 4) is 0 Å². The minimum Gasteiger partial charge on any atom is -0.276 e. The summed E-state index contributed by atoms with van der Waals surface area (Å²) in [5, 5.41) is 4.83. The Bertz CT molecular complexity index is 541. The predicted octanol–water partition coefficient (Wildman–Crippen LogP) is 2.58. The van der Waals surface area contributed by atoms with Crippen LogP contribution in [0.15, 0.2) is 35.1 Å². The second-order valence-corrected chi connectivity index (χ2v) is 5.32. The summed E-state index contributed by atoms with van der Waals surface area (Å²) < 4.78 is 2.64. The molecule has 0 aliphatic carbocycles. The zero-order valence-electron chi connectivity index (χ0n) is 9.90. The maximum Gasteiger partial charge on any atom is 0.0596 e. The van der Waals surface area contributed by atoms with Crippen LogP contribution in [0.2, 0.25) is 5.02 Å². The molecule has 3 N–H and O–H groups in total. The summed E-state index contributed by atoms with van der Waals surface area (Å²) in [7, 11) is 1.89. The van der Waals surface area contributed by atoms with Crippen molar-refractivity contribution in [2.75, 3.05) is 0 Å². The Balaban J connectivity index is 2.25. The van der Waals surface area contributed by atoms with Crippen molar-refractivity contribution in [3.05, 3.63) is 51.2 Å². The smallest absolute Gasteiger partial charge is 0.0596 e. The molecule has 0 radical (unpaired) electrons. The zero-order chi connectivity index (χ0) is 13.1. The first-order valence-electron chi connectivity index (χ1n) is 5.49. The third-order valence-electron chi connectivity index (χ3n) is 2.76. The number of aromatic nitrogens is 2. The van der Waals surface area contributed by atoms with Crippen LogP contribution in [-0.4, -0.2) is 9.78 Å². The Morgan fingerprint density at radius 1 is 1.56 bits per heavy atom. The van der Waals surface area contributed by atoms with Crippen LogP contribution >= 0.6 is 27.5 Å². The van der Waals surface area contributed by atoms with E-state index in [0.717, 1.165) is 22.0 Å². The fraction of sp³-hybridized carbons (Fsp3) is 0.250. The molecule has 1 aromatic carbocycles. The monoisotopic (exact) mass is 328 g/mol. The average Bonchev–Trinajstić information content (AvgIpc) is 2.76.